The van der Waals surface area contributed by atoms with Gasteiger partial charge in [0.2, 0.25) is 5.91 Å². The van der Waals surface area contributed by atoms with Gasteiger partial charge in [-0.05, 0) is 33.2 Å². The number of carbonyl (C=O) groups is 1. The minimum atomic E-state index is 0.0132. The van der Waals surface area contributed by atoms with Crippen LogP contribution in [0.1, 0.15) is 47.5 Å². The molecule has 3 atom stereocenters. The number of carbonyl (C=O) groups excluding carboxylic acids is 1. The van der Waals surface area contributed by atoms with E-state index < -0.39 is 0 Å². The van der Waals surface area contributed by atoms with Gasteiger partial charge in [-0.3, -0.25) is 10.1 Å². The van der Waals surface area contributed by atoms with Gasteiger partial charge >= 0.3 is 0 Å². The Labute approximate surface area is 118 Å². The number of hydrogen-bond acceptors (Lipinski definition) is 3. The van der Waals surface area contributed by atoms with E-state index in [0.717, 1.165) is 25.9 Å². The molecule has 1 aliphatic heterocycles. The summed E-state index contributed by atoms with van der Waals surface area (Å²) in [6.45, 7) is 12.6. The predicted octanol–water partition coefficient (Wildman–Crippen LogP) is 1.91. The van der Waals surface area contributed by atoms with E-state index in [1.807, 2.05) is 4.90 Å². The summed E-state index contributed by atoms with van der Waals surface area (Å²) < 4.78 is 0. The van der Waals surface area contributed by atoms with Gasteiger partial charge in [0, 0.05) is 19.1 Å². The third kappa shape index (κ3) is 3.93. The molecule has 0 bridgehead atoms. The van der Waals surface area contributed by atoms with Crippen molar-refractivity contribution in [3.8, 4) is 0 Å². The maximum Gasteiger partial charge on any atom is 0.241 e. The van der Waals surface area contributed by atoms with Crippen LogP contribution in [0.5, 0.6) is 0 Å². The minimum Gasteiger partial charge on any atom is -0.325 e. The van der Waals surface area contributed by atoms with Gasteiger partial charge in [0.25, 0.3) is 0 Å². The summed E-state index contributed by atoms with van der Waals surface area (Å²) >= 11 is 0. The highest BCUT2D eigenvalue weighted by Gasteiger charge is 2.39. The van der Waals surface area contributed by atoms with E-state index in [9.17, 15) is 4.79 Å². The molecule has 4 nitrogen and oxygen atoms in total. The number of rotatable bonds is 7. The molecule has 1 amide bonds. The number of nitrogens with zero attached hydrogens (tertiary/aromatic N) is 2. The maximum atomic E-state index is 12.5. The molecular formula is C15H31N3O. The predicted molar refractivity (Wildman–Crippen MR) is 79.9 cm³/mol. The second-order valence-corrected chi connectivity index (χ2v) is 6.06. The van der Waals surface area contributed by atoms with Crippen molar-refractivity contribution in [2.24, 2.45) is 5.92 Å². The van der Waals surface area contributed by atoms with Gasteiger partial charge in [-0.25, -0.2) is 0 Å². The molecular weight excluding hydrogens is 238 g/mol. The lowest BCUT2D eigenvalue weighted by atomic mass is 9.99. The molecule has 0 aromatic heterocycles. The van der Waals surface area contributed by atoms with Gasteiger partial charge in [0.05, 0.1) is 12.2 Å². The van der Waals surface area contributed by atoms with Crippen molar-refractivity contribution in [1.82, 2.24) is 15.1 Å². The molecule has 4 heteroatoms. The average Bonchev–Trinajstić information content (AvgIpc) is 2.71. The third-order valence-corrected chi connectivity index (χ3v) is 4.47. The molecule has 112 valence electrons. The van der Waals surface area contributed by atoms with Crippen molar-refractivity contribution in [2.75, 3.05) is 20.1 Å². The van der Waals surface area contributed by atoms with E-state index in [2.05, 4.69) is 51.9 Å². The van der Waals surface area contributed by atoms with Crippen molar-refractivity contribution in [1.29, 1.82) is 0 Å². The molecule has 19 heavy (non-hydrogen) atoms. The van der Waals surface area contributed by atoms with Crippen LogP contribution in [-0.2, 0) is 4.79 Å². The molecule has 1 saturated heterocycles. The Morgan fingerprint density at radius 2 is 1.95 bits per heavy atom. The first-order chi connectivity index (χ1) is 8.92. The molecule has 0 aromatic carbocycles. The third-order valence-electron chi connectivity index (χ3n) is 4.47. The second kappa shape index (κ2) is 7.25. The second-order valence-electron chi connectivity index (χ2n) is 6.06. The largest absolute Gasteiger partial charge is 0.325 e. The van der Waals surface area contributed by atoms with Crippen molar-refractivity contribution in [2.45, 2.75) is 65.7 Å². The van der Waals surface area contributed by atoms with Crippen LogP contribution in [0.2, 0.25) is 0 Å². The first-order valence-corrected chi connectivity index (χ1v) is 7.69. The normalized spacial score (nSPS) is 25.7. The highest BCUT2D eigenvalue weighted by Crippen LogP contribution is 2.20. The molecule has 1 aliphatic rings. The first kappa shape index (κ1) is 16.4. The van der Waals surface area contributed by atoms with E-state index in [1.54, 1.807) is 0 Å². The zero-order valence-corrected chi connectivity index (χ0v) is 13.4. The molecule has 0 spiro atoms. The molecule has 0 aliphatic carbocycles. The maximum absolute atomic E-state index is 12.5. The number of likely N-dealkylation sites (N-methyl/N-ethyl adjacent to an activating group) is 1. The molecule has 0 saturated carbocycles. The van der Waals surface area contributed by atoms with Gasteiger partial charge < -0.3 is 9.80 Å². The van der Waals surface area contributed by atoms with Gasteiger partial charge in [0.1, 0.15) is 0 Å². The standard InChI is InChI=1S/C15H31N3O/c1-7-12(5)14-15(19)18(13(8-2)16-14)10-9-17(6)11(3)4/h11-14,16H,7-10H2,1-6H3. The minimum absolute atomic E-state index is 0.0132. The summed E-state index contributed by atoms with van der Waals surface area (Å²) in [6.07, 6.45) is 2.23. The lowest BCUT2D eigenvalue weighted by molar-refractivity contribution is -0.131. The van der Waals surface area contributed by atoms with Gasteiger partial charge in [-0.2, -0.15) is 0 Å². The molecule has 3 unspecified atom stereocenters. The van der Waals surface area contributed by atoms with Crippen LogP contribution in [0.25, 0.3) is 0 Å². The van der Waals surface area contributed by atoms with E-state index in [1.165, 1.54) is 0 Å². The van der Waals surface area contributed by atoms with E-state index in [4.69, 9.17) is 0 Å². The average molecular weight is 269 g/mol. The van der Waals surface area contributed by atoms with E-state index in [0.29, 0.717) is 17.9 Å². The van der Waals surface area contributed by atoms with E-state index in [-0.39, 0.29) is 12.2 Å². The lowest BCUT2D eigenvalue weighted by Gasteiger charge is -2.27. The van der Waals surface area contributed by atoms with Crippen LogP contribution in [0.3, 0.4) is 0 Å². The summed E-state index contributed by atoms with van der Waals surface area (Å²) in [5.74, 6) is 0.702. The Hall–Kier alpha value is -0.610. The summed E-state index contributed by atoms with van der Waals surface area (Å²) in [4.78, 5) is 16.8. The highest BCUT2D eigenvalue weighted by atomic mass is 16.2. The molecule has 1 N–H and O–H groups in total. The fourth-order valence-corrected chi connectivity index (χ4v) is 2.47. The summed E-state index contributed by atoms with van der Waals surface area (Å²) in [5.41, 5.74) is 0. The zero-order valence-electron chi connectivity index (χ0n) is 13.4. The van der Waals surface area contributed by atoms with E-state index >= 15 is 0 Å². The highest BCUT2D eigenvalue weighted by molar-refractivity contribution is 5.84. The zero-order chi connectivity index (χ0) is 14.6. The smallest absolute Gasteiger partial charge is 0.241 e. The number of hydrogen-bond donors (Lipinski definition) is 1. The fourth-order valence-electron chi connectivity index (χ4n) is 2.47. The summed E-state index contributed by atoms with van der Waals surface area (Å²) in [7, 11) is 2.12. The lowest BCUT2D eigenvalue weighted by Crippen LogP contribution is -2.42. The van der Waals surface area contributed by atoms with Crippen LogP contribution >= 0.6 is 0 Å². The van der Waals surface area contributed by atoms with Crippen LogP contribution < -0.4 is 5.32 Å². The Kier molecular flexibility index (Phi) is 6.27. The van der Waals surface area contributed by atoms with Crippen molar-refractivity contribution in [3.05, 3.63) is 0 Å². The Bertz CT molecular complexity index is 293. The molecule has 1 fully saturated rings. The SMILES string of the molecule is CCC(C)C1NC(CC)N(CCN(C)C(C)C)C1=O. The molecule has 1 heterocycles. The monoisotopic (exact) mass is 269 g/mol. The van der Waals surface area contributed by atoms with Gasteiger partial charge in [0.15, 0.2) is 0 Å². The van der Waals surface area contributed by atoms with Gasteiger partial charge in [-0.1, -0.05) is 27.2 Å². The van der Waals surface area contributed by atoms with Crippen LogP contribution in [0.4, 0.5) is 0 Å². The first-order valence-electron chi connectivity index (χ1n) is 7.69. The van der Waals surface area contributed by atoms with Crippen LogP contribution in [0.15, 0.2) is 0 Å². The Balaban J connectivity index is 2.62. The van der Waals surface area contributed by atoms with Gasteiger partial charge in [-0.15, -0.1) is 0 Å². The molecule has 0 aromatic rings. The van der Waals surface area contributed by atoms with Crippen molar-refractivity contribution >= 4 is 5.91 Å². The number of amides is 1. The summed E-state index contributed by atoms with van der Waals surface area (Å²) in [6, 6.07) is 0.537. The molecule has 0 radical (unpaired) electrons. The Morgan fingerprint density at radius 1 is 1.32 bits per heavy atom. The fraction of sp³-hybridized carbons (Fsp3) is 0.933. The Morgan fingerprint density at radius 3 is 2.42 bits per heavy atom. The molecule has 1 rings (SSSR count). The number of nitrogens with one attached hydrogen (secondary N) is 1. The topological polar surface area (TPSA) is 35.6 Å². The van der Waals surface area contributed by atoms with Crippen molar-refractivity contribution < 1.29 is 4.79 Å². The van der Waals surface area contributed by atoms with Crippen molar-refractivity contribution in [3.63, 3.8) is 0 Å². The van der Waals surface area contributed by atoms with Crippen LogP contribution in [-0.4, -0.2) is 54.1 Å². The van der Waals surface area contributed by atoms with Crippen LogP contribution in [0, 0.1) is 5.92 Å². The quantitative estimate of drug-likeness (QED) is 0.767. The summed E-state index contributed by atoms with van der Waals surface area (Å²) in [5, 5.41) is 3.50.